The molecule has 0 atom stereocenters. The van der Waals surface area contributed by atoms with E-state index < -0.39 is 0 Å². The highest BCUT2D eigenvalue weighted by molar-refractivity contribution is 7.99. The summed E-state index contributed by atoms with van der Waals surface area (Å²) >= 11 is 1.98. The number of rotatable bonds is 4. The predicted octanol–water partition coefficient (Wildman–Crippen LogP) is 2.16. The van der Waals surface area contributed by atoms with Crippen molar-refractivity contribution in [2.24, 2.45) is 5.84 Å². The van der Waals surface area contributed by atoms with Gasteiger partial charge in [0.15, 0.2) is 0 Å². The van der Waals surface area contributed by atoms with E-state index in [9.17, 15) is 0 Å². The lowest BCUT2D eigenvalue weighted by Crippen LogP contribution is -2.28. The second-order valence-electron chi connectivity index (χ2n) is 4.69. The summed E-state index contributed by atoms with van der Waals surface area (Å²) in [7, 11) is 0. The summed E-state index contributed by atoms with van der Waals surface area (Å²) < 4.78 is 0. The number of hydrazine groups is 1. The first kappa shape index (κ1) is 13.4. The van der Waals surface area contributed by atoms with Crippen molar-refractivity contribution in [3.63, 3.8) is 0 Å². The molecule has 5 nitrogen and oxygen atoms in total. The Hall–Kier alpha value is -1.01. The van der Waals surface area contributed by atoms with E-state index >= 15 is 0 Å². The van der Waals surface area contributed by atoms with Crippen molar-refractivity contribution >= 4 is 23.4 Å². The SMILES string of the molecule is CSC1CCC(Nc2ncnc(NN)c2C)CC1. The molecule has 4 N–H and O–H groups in total. The highest BCUT2D eigenvalue weighted by Crippen LogP contribution is 2.29. The van der Waals surface area contributed by atoms with E-state index in [1.165, 1.54) is 32.0 Å². The minimum absolute atomic E-state index is 0.521. The number of hydrogen-bond donors (Lipinski definition) is 3. The van der Waals surface area contributed by atoms with Crippen LogP contribution >= 0.6 is 11.8 Å². The minimum Gasteiger partial charge on any atom is -0.367 e. The van der Waals surface area contributed by atoms with Gasteiger partial charge in [0.1, 0.15) is 18.0 Å². The number of nitrogens with zero attached hydrogens (tertiary/aromatic N) is 2. The molecule has 0 bridgehead atoms. The van der Waals surface area contributed by atoms with Crippen LogP contribution in [0.15, 0.2) is 6.33 Å². The zero-order chi connectivity index (χ0) is 13.0. The van der Waals surface area contributed by atoms with Crippen molar-refractivity contribution < 1.29 is 0 Å². The molecule has 0 aromatic carbocycles. The van der Waals surface area contributed by atoms with Crippen molar-refractivity contribution in [1.29, 1.82) is 0 Å². The first-order valence-corrected chi connectivity index (χ1v) is 7.61. The lowest BCUT2D eigenvalue weighted by molar-refractivity contribution is 0.472. The molecule has 1 fully saturated rings. The second kappa shape index (κ2) is 6.24. The van der Waals surface area contributed by atoms with Crippen LogP contribution in [-0.4, -0.2) is 27.5 Å². The average Bonchev–Trinajstić information content (AvgIpc) is 2.42. The van der Waals surface area contributed by atoms with Gasteiger partial charge in [0.25, 0.3) is 0 Å². The molecule has 1 saturated carbocycles. The molecule has 2 rings (SSSR count). The molecule has 1 aliphatic rings. The molecule has 1 heterocycles. The highest BCUT2D eigenvalue weighted by atomic mass is 32.2. The highest BCUT2D eigenvalue weighted by Gasteiger charge is 2.21. The van der Waals surface area contributed by atoms with Gasteiger partial charge in [0.2, 0.25) is 0 Å². The van der Waals surface area contributed by atoms with Crippen LogP contribution in [0.5, 0.6) is 0 Å². The number of anilines is 2. The van der Waals surface area contributed by atoms with E-state index in [0.29, 0.717) is 11.9 Å². The fourth-order valence-electron chi connectivity index (χ4n) is 2.38. The quantitative estimate of drug-likeness (QED) is 0.573. The third-order valence-corrected chi connectivity index (χ3v) is 4.71. The van der Waals surface area contributed by atoms with Crippen molar-refractivity contribution in [2.75, 3.05) is 17.0 Å². The molecule has 0 amide bonds. The Balaban J connectivity index is 1.98. The smallest absolute Gasteiger partial charge is 0.148 e. The van der Waals surface area contributed by atoms with Crippen molar-refractivity contribution in [1.82, 2.24) is 9.97 Å². The third-order valence-electron chi connectivity index (χ3n) is 3.57. The maximum Gasteiger partial charge on any atom is 0.148 e. The van der Waals surface area contributed by atoms with Crippen LogP contribution in [0.1, 0.15) is 31.2 Å². The molecule has 1 aromatic heterocycles. The summed E-state index contributed by atoms with van der Waals surface area (Å²) in [4.78, 5) is 8.38. The minimum atomic E-state index is 0.521. The van der Waals surface area contributed by atoms with Crippen LogP contribution in [0, 0.1) is 6.92 Å². The van der Waals surface area contributed by atoms with Crippen molar-refractivity contribution in [3.05, 3.63) is 11.9 Å². The molecule has 1 aliphatic carbocycles. The number of nitrogen functional groups attached to an aromatic ring is 1. The Morgan fingerprint density at radius 1 is 1.22 bits per heavy atom. The van der Waals surface area contributed by atoms with Gasteiger partial charge in [-0.05, 0) is 38.9 Å². The van der Waals surface area contributed by atoms with E-state index in [1.807, 2.05) is 18.7 Å². The Morgan fingerprint density at radius 3 is 2.50 bits per heavy atom. The molecule has 0 aliphatic heterocycles. The number of nitrogens with two attached hydrogens (primary N) is 1. The topological polar surface area (TPSA) is 75.9 Å². The summed E-state index contributed by atoms with van der Waals surface area (Å²) in [6.07, 6.45) is 8.72. The van der Waals surface area contributed by atoms with Gasteiger partial charge in [-0.1, -0.05) is 0 Å². The number of nitrogens with one attached hydrogen (secondary N) is 2. The normalized spacial score (nSPS) is 23.7. The zero-order valence-electron chi connectivity index (χ0n) is 10.9. The molecule has 0 unspecified atom stereocenters. The first-order valence-electron chi connectivity index (χ1n) is 6.32. The standard InChI is InChI=1S/C12H21N5S/c1-8-11(14-7-15-12(8)17-13)16-9-3-5-10(18-2)6-4-9/h7,9-10H,3-6,13H2,1-2H3,(H2,14,15,16,17). The van der Waals surface area contributed by atoms with E-state index in [4.69, 9.17) is 5.84 Å². The Kier molecular flexibility index (Phi) is 4.66. The lowest BCUT2D eigenvalue weighted by Gasteiger charge is -2.28. The summed E-state index contributed by atoms with van der Waals surface area (Å²) in [5.41, 5.74) is 3.57. The largest absolute Gasteiger partial charge is 0.367 e. The van der Waals surface area contributed by atoms with Gasteiger partial charge in [-0.25, -0.2) is 15.8 Å². The molecular weight excluding hydrogens is 246 g/mol. The number of aromatic nitrogens is 2. The monoisotopic (exact) mass is 267 g/mol. The number of hydrogen-bond acceptors (Lipinski definition) is 6. The predicted molar refractivity (Wildman–Crippen MR) is 77.8 cm³/mol. The van der Waals surface area contributed by atoms with Crippen LogP contribution in [0.25, 0.3) is 0 Å². The van der Waals surface area contributed by atoms with Gasteiger partial charge in [0.05, 0.1) is 0 Å². The fraction of sp³-hybridized carbons (Fsp3) is 0.667. The fourth-order valence-corrected chi connectivity index (χ4v) is 3.12. The molecule has 1 aromatic rings. The van der Waals surface area contributed by atoms with Gasteiger partial charge in [-0.15, -0.1) is 0 Å². The van der Waals surface area contributed by atoms with Gasteiger partial charge in [-0.2, -0.15) is 11.8 Å². The zero-order valence-corrected chi connectivity index (χ0v) is 11.8. The summed E-state index contributed by atoms with van der Waals surface area (Å²) in [5.74, 6) is 7.00. The average molecular weight is 267 g/mol. The molecule has 0 radical (unpaired) electrons. The third kappa shape index (κ3) is 3.05. The maximum absolute atomic E-state index is 5.42. The van der Waals surface area contributed by atoms with Crippen LogP contribution in [0.3, 0.4) is 0 Å². The summed E-state index contributed by atoms with van der Waals surface area (Å²) in [6, 6.07) is 0.521. The van der Waals surface area contributed by atoms with E-state index in [1.54, 1.807) is 0 Å². The Bertz CT molecular complexity index is 390. The van der Waals surface area contributed by atoms with Crippen LogP contribution in [0.4, 0.5) is 11.6 Å². The van der Waals surface area contributed by atoms with Crippen LogP contribution < -0.4 is 16.6 Å². The Labute approximate surface area is 112 Å². The first-order chi connectivity index (χ1) is 8.74. The van der Waals surface area contributed by atoms with Crippen LogP contribution in [0.2, 0.25) is 0 Å². The summed E-state index contributed by atoms with van der Waals surface area (Å²) in [5, 5.41) is 4.34. The van der Waals surface area contributed by atoms with Gasteiger partial charge in [0, 0.05) is 16.9 Å². The number of thioether (sulfide) groups is 1. The molecular formula is C12H21N5S. The molecule has 0 saturated heterocycles. The van der Waals surface area contributed by atoms with Gasteiger partial charge in [-0.3, -0.25) is 0 Å². The van der Waals surface area contributed by atoms with Crippen LogP contribution in [-0.2, 0) is 0 Å². The van der Waals surface area contributed by atoms with E-state index in [-0.39, 0.29) is 0 Å². The summed E-state index contributed by atoms with van der Waals surface area (Å²) in [6.45, 7) is 1.98. The van der Waals surface area contributed by atoms with E-state index in [2.05, 4.69) is 27.0 Å². The molecule has 6 heteroatoms. The molecule has 0 spiro atoms. The van der Waals surface area contributed by atoms with Gasteiger partial charge < -0.3 is 10.7 Å². The molecule has 100 valence electrons. The van der Waals surface area contributed by atoms with Gasteiger partial charge >= 0.3 is 0 Å². The van der Waals surface area contributed by atoms with E-state index in [0.717, 1.165) is 16.6 Å². The molecule has 18 heavy (non-hydrogen) atoms. The van der Waals surface area contributed by atoms with Crippen molar-refractivity contribution in [2.45, 2.75) is 43.9 Å². The lowest BCUT2D eigenvalue weighted by atomic mass is 9.95. The Morgan fingerprint density at radius 2 is 1.89 bits per heavy atom. The maximum atomic E-state index is 5.42. The van der Waals surface area contributed by atoms with Crippen molar-refractivity contribution in [3.8, 4) is 0 Å². The second-order valence-corrected chi connectivity index (χ2v) is 5.83.